The Kier molecular flexibility index (Phi) is 9.78. The average molecular weight is 454 g/mol. The molecule has 6 nitrogen and oxygen atoms in total. The zero-order valence-corrected chi connectivity index (χ0v) is 19.2. The lowest BCUT2D eigenvalue weighted by Crippen LogP contribution is -2.35. The third kappa shape index (κ3) is 6.53. The predicted molar refractivity (Wildman–Crippen MR) is 125 cm³/mol. The minimum Gasteiger partial charge on any atom is -0.377 e. The lowest BCUT2D eigenvalue weighted by atomic mass is 9.78. The summed E-state index contributed by atoms with van der Waals surface area (Å²) < 4.78 is 5.25. The first kappa shape index (κ1) is 24.8. The molecule has 166 valence electrons. The van der Waals surface area contributed by atoms with Gasteiger partial charge in [-0.3, -0.25) is 4.90 Å². The van der Waals surface area contributed by atoms with Crippen molar-refractivity contribution in [3.8, 4) is 0 Å². The van der Waals surface area contributed by atoms with E-state index in [0.717, 1.165) is 43.3 Å². The maximum Gasteiger partial charge on any atom is 0.156 e. The van der Waals surface area contributed by atoms with Crippen LogP contribution in [0.5, 0.6) is 0 Å². The van der Waals surface area contributed by atoms with Crippen molar-refractivity contribution in [2.45, 2.75) is 57.3 Å². The number of likely N-dealkylation sites (tertiary alicyclic amines) is 1. The zero-order chi connectivity index (χ0) is 19.3. The minimum absolute atomic E-state index is 0. The Bertz CT molecular complexity index is 795. The van der Waals surface area contributed by atoms with Crippen molar-refractivity contribution in [3.63, 3.8) is 0 Å². The van der Waals surface area contributed by atoms with Crippen molar-refractivity contribution in [2.75, 3.05) is 25.5 Å². The van der Waals surface area contributed by atoms with Gasteiger partial charge in [-0.25, -0.2) is 9.97 Å². The van der Waals surface area contributed by atoms with Crippen molar-refractivity contribution in [2.24, 2.45) is 5.73 Å². The summed E-state index contributed by atoms with van der Waals surface area (Å²) in [5.74, 6) is 2.03. The topological polar surface area (TPSA) is 76.3 Å². The molecule has 4 rings (SSSR count). The molecule has 2 heterocycles. The Labute approximate surface area is 191 Å². The summed E-state index contributed by atoms with van der Waals surface area (Å²) in [4.78, 5) is 11.8. The number of rotatable bonds is 8. The minimum atomic E-state index is 0. The highest BCUT2D eigenvalue weighted by molar-refractivity contribution is 5.85. The Balaban J connectivity index is 0.00000160. The molecule has 3 N–H and O–H groups in total. The van der Waals surface area contributed by atoms with Gasteiger partial charge in [0.05, 0.1) is 0 Å². The first-order chi connectivity index (χ1) is 13.7. The molecule has 2 aliphatic rings. The van der Waals surface area contributed by atoms with Crippen LogP contribution in [0.3, 0.4) is 0 Å². The molecule has 30 heavy (non-hydrogen) atoms. The molecule has 0 spiro atoms. The molecular formula is C22H33Cl2N5O. The van der Waals surface area contributed by atoms with E-state index in [1.54, 1.807) is 7.11 Å². The molecule has 0 amide bonds. The van der Waals surface area contributed by atoms with E-state index in [2.05, 4.69) is 50.5 Å². The van der Waals surface area contributed by atoms with Crippen LogP contribution >= 0.6 is 24.8 Å². The standard InChI is InChI=1S/C22H31N5O.2ClH/c1-28-15-22-25-20(18-10-19(23)11-18)12-21(26-22)24-13-16-5-4-6-17(9-16)14-27-7-2-3-8-27;;/h4-6,9,12,18-19H,2-3,7-8,10-11,13-15,23H2,1H3,(H,24,25,26);2*1H. The van der Waals surface area contributed by atoms with Gasteiger partial charge in [-0.15, -0.1) is 24.8 Å². The number of hydrogen-bond acceptors (Lipinski definition) is 6. The third-order valence-electron chi connectivity index (χ3n) is 5.73. The molecule has 1 saturated heterocycles. The second-order valence-corrected chi connectivity index (χ2v) is 8.11. The highest BCUT2D eigenvalue weighted by Crippen LogP contribution is 2.35. The number of anilines is 1. The average Bonchev–Trinajstić information content (AvgIpc) is 3.17. The second kappa shape index (κ2) is 11.8. The van der Waals surface area contributed by atoms with Gasteiger partial charge < -0.3 is 15.8 Å². The van der Waals surface area contributed by atoms with E-state index in [1.165, 1.54) is 37.1 Å². The number of nitrogens with zero attached hydrogens (tertiary/aromatic N) is 3. The second-order valence-electron chi connectivity index (χ2n) is 8.11. The highest BCUT2D eigenvalue weighted by Gasteiger charge is 2.29. The largest absolute Gasteiger partial charge is 0.377 e. The fourth-order valence-corrected chi connectivity index (χ4v) is 4.14. The molecule has 1 aromatic carbocycles. The fraction of sp³-hybridized carbons (Fsp3) is 0.545. The van der Waals surface area contributed by atoms with Gasteiger partial charge in [-0.2, -0.15) is 0 Å². The molecular weight excluding hydrogens is 421 g/mol. The van der Waals surface area contributed by atoms with Gasteiger partial charge >= 0.3 is 0 Å². The van der Waals surface area contributed by atoms with Crippen LogP contribution in [-0.4, -0.2) is 41.1 Å². The molecule has 1 aliphatic heterocycles. The summed E-state index contributed by atoms with van der Waals surface area (Å²) in [6.07, 6.45) is 4.66. The number of hydrogen-bond donors (Lipinski definition) is 2. The quantitative estimate of drug-likeness (QED) is 0.631. The summed E-state index contributed by atoms with van der Waals surface area (Å²) >= 11 is 0. The fourth-order valence-electron chi connectivity index (χ4n) is 4.14. The summed E-state index contributed by atoms with van der Waals surface area (Å²) in [5.41, 5.74) is 9.70. The van der Waals surface area contributed by atoms with Crippen LogP contribution in [0.15, 0.2) is 30.3 Å². The Morgan fingerprint density at radius 1 is 1.10 bits per heavy atom. The van der Waals surface area contributed by atoms with E-state index in [4.69, 9.17) is 10.5 Å². The van der Waals surface area contributed by atoms with E-state index in [0.29, 0.717) is 18.6 Å². The lowest BCUT2D eigenvalue weighted by Gasteiger charge is -2.32. The molecule has 0 bridgehead atoms. The van der Waals surface area contributed by atoms with Crippen LogP contribution in [0.25, 0.3) is 0 Å². The lowest BCUT2D eigenvalue weighted by molar-refractivity contribution is 0.177. The van der Waals surface area contributed by atoms with Gasteiger partial charge in [0, 0.05) is 43.9 Å². The monoisotopic (exact) mass is 453 g/mol. The van der Waals surface area contributed by atoms with E-state index in [9.17, 15) is 0 Å². The molecule has 1 aromatic heterocycles. The van der Waals surface area contributed by atoms with Crippen LogP contribution < -0.4 is 11.1 Å². The van der Waals surface area contributed by atoms with Gasteiger partial charge in [-0.05, 0) is 49.9 Å². The maximum atomic E-state index is 5.96. The van der Waals surface area contributed by atoms with Crippen molar-refractivity contribution in [3.05, 3.63) is 53.0 Å². The molecule has 1 aliphatic carbocycles. The number of halogens is 2. The predicted octanol–water partition coefficient (Wildman–Crippen LogP) is 3.88. The van der Waals surface area contributed by atoms with Crippen LogP contribution in [0.2, 0.25) is 0 Å². The number of benzene rings is 1. The maximum absolute atomic E-state index is 5.96. The van der Waals surface area contributed by atoms with Crippen LogP contribution in [0.4, 0.5) is 5.82 Å². The number of nitrogens with two attached hydrogens (primary N) is 1. The van der Waals surface area contributed by atoms with E-state index >= 15 is 0 Å². The normalized spacial score (nSPS) is 20.7. The first-order valence-corrected chi connectivity index (χ1v) is 10.4. The third-order valence-corrected chi connectivity index (χ3v) is 5.73. The van der Waals surface area contributed by atoms with Crippen LogP contribution in [-0.2, 0) is 24.4 Å². The Morgan fingerprint density at radius 3 is 2.53 bits per heavy atom. The van der Waals surface area contributed by atoms with Crippen molar-refractivity contribution in [1.29, 1.82) is 0 Å². The SMILES string of the molecule is COCc1nc(NCc2cccc(CN3CCCC3)c2)cc(C2CC(N)C2)n1.Cl.Cl. The number of methoxy groups -OCH3 is 1. The Hall–Kier alpha value is -1.44. The van der Waals surface area contributed by atoms with Gasteiger partial charge in [0.25, 0.3) is 0 Å². The summed E-state index contributed by atoms with van der Waals surface area (Å²) in [5, 5.41) is 3.48. The number of ether oxygens (including phenoxy) is 1. The summed E-state index contributed by atoms with van der Waals surface area (Å²) in [7, 11) is 1.67. The smallest absolute Gasteiger partial charge is 0.156 e. The van der Waals surface area contributed by atoms with E-state index < -0.39 is 0 Å². The molecule has 2 aromatic rings. The van der Waals surface area contributed by atoms with Crippen molar-refractivity contribution in [1.82, 2.24) is 14.9 Å². The number of aromatic nitrogens is 2. The molecule has 1 saturated carbocycles. The Morgan fingerprint density at radius 2 is 1.83 bits per heavy atom. The van der Waals surface area contributed by atoms with Gasteiger partial charge in [0.2, 0.25) is 0 Å². The van der Waals surface area contributed by atoms with Crippen molar-refractivity contribution >= 4 is 30.6 Å². The van der Waals surface area contributed by atoms with Crippen LogP contribution in [0, 0.1) is 0 Å². The van der Waals surface area contributed by atoms with Crippen molar-refractivity contribution < 1.29 is 4.74 Å². The molecule has 2 fully saturated rings. The van der Waals surface area contributed by atoms with Crippen LogP contribution in [0.1, 0.15) is 54.2 Å². The van der Waals surface area contributed by atoms with E-state index in [-0.39, 0.29) is 24.8 Å². The highest BCUT2D eigenvalue weighted by atomic mass is 35.5. The van der Waals surface area contributed by atoms with E-state index in [1.807, 2.05) is 0 Å². The molecule has 0 atom stereocenters. The summed E-state index contributed by atoms with van der Waals surface area (Å²) in [6, 6.07) is 11.2. The molecule has 8 heteroatoms. The first-order valence-electron chi connectivity index (χ1n) is 10.4. The van der Waals surface area contributed by atoms with Gasteiger partial charge in [0.1, 0.15) is 12.4 Å². The zero-order valence-electron chi connectivity index (χ0n) is 17.5. The van der Waals surface area contributed by atoms with Gasteiger partial charge in [0.15, 0.2) is 5.82 Å². The molecule has 0 unspecified atom stereocenters. The van der Waals surface area contributed by atoms with Gasteiger partial charge in [-0.1, -0.05) is 24.3 Å². The number of nitrogens with one attached hydrogen (secondary N) is 1. The summed E-state index contributed by atoms with van der Waals surface area (Å²) in [6.45, 7) is 4.66. The molecule has 0 radical (unpaired) electrons.